The van der Waals surface area contributed by atoms with E-state index in [1.54, 1.807) is 11.6 Å². The summed E-state index contributed by atoms with van der Waals surface area (Å²) < 4.78 is 2.74. The number of hydrogen-bond donors (Lipinski definition) is 1. The van der Waals surface area contributed by atoms with Gasteiger partial charge in [-0.25, -0.2) is 0 Å². The fraction of sp³-hybridized carbons (Fsp3) is 0.222. The number of hydrogen-bond acceptors (Lipinski definition) is 8. The number of nitro groups is 1. The van der Waals surface area contributed by atoms with Crippen molar-refractivity contribution in [2.75, 3.05) is 0 Å². The molecule has 0 fully saturated rings. The van der Waals surface area contributed by atoms with E-state index < -0.39 is 25.9 Å². The van der Waals surface area contributed by atoms with E-state index in [2.05, 4.69) is 25.0 Å². The molecule has 1 unspecified atom stereocenters. The first-order valence-corrected chi connectivity index (χ1v) is 7.13. The molecule has 0 radical (unpaired) electrons. The van der Waals surface area contributed by atoms with Gasteiger partial charge in [0.2, 0.25) is 0 Å². The molecule has 2 aliphatic rings. The normalized spacial score (nSPS) is 20.2. The second-order valence-electron chi connectivity index (χ2n) is 3.92. The standard InChI is InChI=1S/C9H8N8O2Se/c1-16-3-13-6(17(18)19)8(16)20-7-4-5(12-2-11-4)14-9(10)15-7/h2-4H,1H3,(H2,10,11,12,14). The van der Waals surface area contributed by atoms with Gasteiger partial charge in [0, 0.05) is 0 Å². The van der Waals surface area contributed by atoms with Crippen molar-refractivity contribution in [3.8, 4) is 0 Å². The van der Waals surface area contributed by atoms with Gasteiger partial charge in [0.1, 0.15) is 0 Å². The van der Waals surface area contributed by atoms with Crippen LogP contribution in [0.3, 0.4) is 0 Å². The van der Waals surface area contributed by atoms with Crippen LogP contribution in [0.4, 0.5) is 5.82 Å². The van der Waals surface area contributed by atoms with Crippen LogP contribution in [0.15, 0.2) is 26.3 Å². The van der Waals surface area contributed by atoms with Crippen LogP contribution in [-0.4, -0.2) is 58.2 Å². The quantitative estimate of drug-likeness (QED) is 0.394. The van der Waals surface area contributed by atoms with Crippen molar-refractivity contribution < 1.29 is 4.92 Å². The first-order valence-electron chi connectivity index (χ1n) is 5.42. The number of aryl methyl sites for hydroxylation is 1. The molecule has 0 aromatic carbocycles. The summed E-state index contributed by atoms with van der Waals surface area (Å²) in [7, 11) is 1.70. The number of fused-ring (bicyclic) bond motifs is 1. The molecule has 0 spiro atoms. The van der Waals surface area contributed by atoms with Crippen molar-refractivity contribution in [2.24, 2.45) is 32.8 Å². The summed E-state index contributed by atoms with van der Waals surface area (Å²) >= 11 is -0.443. The zero-order valence-corrected chi connectivity index (χ0v) is 11.9. The van der Waals surface area contributed by atoms with Crippen LogP contribution in [-0.2, 0) is 7.05 Å². The Morgan fingerprint density at radius 2 is 2.30 bits per heavy atom. The van der Waals surface area contributed by atoms with E-state index in [-0.39, 0.29) is 11.8 Å². The Bertz CT molecular complexity index is 716. The number of guanidine groups is 1. The van der Waals surface area contributed by atoms with Gasteiger partial charge in [-0.2, -0.15) is 0 Å². The Morgan fingerprint density at radius 3 is 3.05 bits per heavy atom. The second-order valence-corrected chi connectivity index (χ2v) is 6.03. The predicted molar refractivity (Wildman–Crippen MR) is 74.0 cm³/mol. The summed E-state index contributed by atoms with van der Waals surface area (Å²) in [5.41, 5.74) is 5.63. The minimum absolute atomic E-state index is 0.0900. The molecule has 2 N–H and O–H groups in total. The molecule has 1 aromatic rings. The van der Waals surface area contributed by atoms with Gasteiger partial charge < -0.3 is 0 Å². The van der Waals surface area contributed by atoms with Gasteiger partial charge in [0.05, 0.1) is 0 Å². The maximum atomic E-state index is 11.0. The first kappa shape index (κ1) is 12.6. The second kappa shape index (κ2) is 4.62. The monoisotopic (exact) mass is 340 g/mol. The fourth-order valence-electron chi connectivity index (χ4n) is 1.70. The average molecular weight is 339 g/mol. The number of nitrogens with two attached hydrogens (primary N) is 1. The van der Waals surface area contributed by atoms with Crippen molar-refractivity contribution >= 4 is 48.1 Å². The Hall–Kier alpha value is -2.39. The average Bonchev–Trinajstić information content (AvgIpc) is 2.97. The van der Waals surface area contributed by atoms with Gasteiger partial charge in [0.15, 0.2) is 0 Å². The molecule has 3 rings (SSSR count). The third kappa shape index (κ3) is 2.02. The van der Waals surface area contributed by atoms with Crippen LogP contribution in [0.1, 0.15) is 0 Å². The molecule has 11 heteroatoms. The van der Waals surface area contributed by atoms with Gasteiger partial charge in [-0.1, -0.05) is 0 Å². The van der Waals surface area contributed by atoms with Gasteiger partial charge in [-0.05, 0) is 0 Å². The summed E-state index contributed by atoms with van der Waals surface area (Å²) in [5, 5.41) is 11.0. The van der Waals surface area contributed by atoms with Crippen molar-refractivity contribution in [3.63, 3.8) is 0 Å². The van der Waals surface area contributed by atoms with Crippen LogP contribution < -0.4 is 10.3 Å². The van der Waals surface area contributed by atoms with Gasteiger partial charge in [0.25, 0.3) is 0 Å². The van der Waals surface area contributed by atoms with Gasteiger partial charge >= 0.3 is 118 Å². The molecule has 3 heterocycles. The fourth-order valence-corrected chi connectivity index (χ4v) is 3.85. The third-order valence-corrected chi connectivity index (χ3v) is 5.07. The molecule has 1 atom stereocenters. The Balaban J connectivity index is 1.97. The van der Waals surface area contributed by atoms with E-state index in [1.165, 1.54) is 12.7 Å². The SMILES string of the molecule is Cn1cnc([N+](=O)[O-])c1[Se]C1=NC(N)=NC2=NC=NC21. The van der Waals surface area contributed by atoms with E-state index in [0.29, 0.717) is 15.0 Å². The van der Waals surface area contributed by atoms with E-state index >= 15 is 0 Å². The molecule has 0 saturated carbocycles. The molecule has 2 aliphatic heterocycles. The van der Waals surface area contributed by atoms with Crippen molar-refractivity contribution in [2.45, 2.75) is 6.04 Å². The zero-order valence-electron chi connectivity index (χ0n) is 10.2. The Morgan fingerprint density at radius 1 is 1.50 bits per heavy atom. The number of rotatable bonds is 3. The summed E-state index contributed by atoms with van der Waals surface area (Å²) in [6.45, 7) is 0. The number of amidine groups is 1. The predicted octanol–water partition coefficient (Wildman–Crippen LogP) is -1.81. The summed E-state index contributed by atoms with van der Waals surface area (Å²) in [6.07, 6.45) is 2.80. The molecular weight excluding hydrogens is 331 g/mol. The summed E-state index contributed by atoms with van der Waals surface area (Å²) in [5.74, 6) is 0.392. The summed E-state index contributed by atoms with van der Waals surface area (Å²) in [6, 6.07) is -0.392. The van der Waals surface area contributed by atoms with E-state index in [0.717, 1.165) is 0 Å². The molecule has 1 aromatic heterocycles. The van der Waals surface area contributed by atoms with Crippen molar-refractivity contribution in [1.29, 1.82) is 0 Å². The molecular formula is C9H8N8O2Se. The van der Waals surface area contributed by atoms with Crippen LogP contribution in [0.5, 0.6) is 0 Å². The number of aromatic nitrogens is 2. The molecule has 20 heavy (non-hydrogen) atoms. The van der Waals surface area contributed by atoms with E-state index in [4.69, 9.17) is 5.73 Å². The molecule has 0 saturated heterocycles. The molecule has 0 amide bonds. The number of aliphatic imine (C=N–C) groups is 4. The van der Waals surface area contributed by atoms with Crippen LogP contribution >= 0.6 is 0 Å². The third-order valence-electron chi connectivity index (χ3n) is 2.58. The molecule has 0 aliphatic carbocycles. The van der Waals surface area contributed by atoms with Crippen LogP contribution in [0, 0.1) is 10.1 Å². The van der Waals surface area contributed by atoms with Crippen molar-refractivity contribution in [1.82, 2.24) is 9.55 Å². The molecule has 0 bridgehead atoms. The van der Waals surface area contributed by atoms with Crippen LogP contribution in [0.25, 0.3) is 0 Å². The number of nitrogens with zero attached hydrogens (tertiary/aromatic N) is 7. The minimum atomic E-state index is -0.509. The van der Waals surface area contributed by atoms with Crippen LogP contribution in [0.2, 0.25) is 0 Å². The maximum absolute atomic E-state index is 11.0. The van der Waals surface area contributed by atoms with E-state index in [1.807, 2.05) is 0 Å². The van der Waals surface area contributed by atoms with E-state index in [9.17, 15) is 10.1 Å². The van der Waals surface area contributed by atoms with Gasteiger partial charge in [-0.15, -0.1) is 0 Å². The molecule has 102 valence electrons. The molecule has 10 nitrogen and oxygen atoms in total. The zero-order chi connectivity index (χ0) is 14.3. The van der Waals surface area contributed by atoms with Crippen molar-refractivity contribution in [3.05, 3.63) is 16.4 Å². The summed E-state index contributed by atoms with van der Waals surface area (Å²) in [4.78, 5) is 30.5. The Labute approximate surface area is 118 Å². The topological polar surface area (TPSA) is 136 Å². The number of imidazole rings is 1. The van der Waals surface area contributed by atoms with Gasteiger partial charge in [-0.3, -0.25) is 0 Å². The first-order chi connectivity index (χ1) is 9.56. The Kier molecular flexibility index (Phi) is 2.92.